The van der Waals surface area contributed by atoms with Crippen LogP contribution in [0.2, 0.25) is 0 Å². The summed E-state index contributed by atoms with van der Waals surface area (Å²) in [7, 11) is 0. The number of esters is 3. The Morgan fingerprint density at radius 3 is 2.52 bits per heavy atom. The second-order valence-corrected chi connectivity index (χ2v) is 8.15. The smallest absolute Gasteiger partial charge is 0.303 e. The molecule has 4 rings (SSSR count). The Hall–Kier alpha value is -3.58. The number of imidazole rings is 1. The highest BCUT2D eigenvalue weighted by molar-refractivity contribution is 7.13. The molecule has 0 spiro atoms. The number of rotatable bonds is 6. The fourth-order valence-corrected chi connectivity index (χ4v) is 4.35. The first-order valence-corrected chi connectivity index (χ1v) is 10.8. The van der Waals surface area contributed by atoms with Gasteiger partial charge in [0.15, 0.2) is 35.4 Å². The third kappa shape index (κ3) is 4.50. The van der Waals surface area contributed by atoms with E-state index in [1.165, 1.54) is 43.0 Å². The second kappa shape index (κ2) is 9.11. The Morgan fingerprint density at radius 2 is 1.88 bits per heavy atom. The Labute approximate surface area is 190 Å². The van der Waals surface area contributed by atoms with Crippen LogP contribution >= 0.6 is 11.3 Å². The maximum Gasteiger partial charge on any atom is 0.303 e. The van der Waals surface area contributed by atoms with Crippen molar-refractivity contribution in [2.75, 3.05) is 6.61 Å². The molecule has 4 heterocycles. The van der Waals surface area contributed by atoms with E-state index < -0.39 is 48.0 Å². The van der Waals surface area contributed by atoms with Crippen molar-refractivity contribution in [3.8, 4) is 10.7 Å². The highest BCUT2D eigenvalue weighted by Gasteiger charge is 2.51. The Bertz CT molecular complexity index is 1250. The lowest BCUT2D eigenvalue weighted by atomic mass is 10.1. The number of H-pyrrole nitrogens is 1. The van der Waals surface area contributed by atoms with Gasteiger partial charge in [-0.3, -0.25) is 23.7 Å². The van der Waals surface area contributed by atoms with Crippen molar-refractivity contribution in [1.29, 1.82) is 0 Å². The average Bonchev–Trinajstić information content (AvgIpc) is 3.45. The molecule has 0 saturated carbocycles. The maximum absolute atomic E-state index is 12.4. The molecule has 0 aromatic carbocycles. The molecule has 0 bridgehead atoms. The number of aromatic nitrogens is 4. The van der Waals surface area contributed by atoms with E-state index in [0.29, 0.717) is 10.7 Å². The monoisotopic (exact) mass is 476 g/mol. The molecule has 33 heavy (non-hydrogen) atoms. The summed E-state index contributed by atoms with van der Waals surface area (Å²) in [6.07, 6.45) is -3.05. The third-order valence-electron chi connectivity index (χ3n) is 4.82. The minimum atomic E-state index is -1.14. The van der Waals surface area contributed by atoms with Crippen LogP contribution in [0.25, 0.3) is 21.9 Å². The van der Waals surface area contributed by atoms with Gasteiger partial charge >= 0.3 is 17.9 Å². The molecular formula is C20H20N4O8S. The third-order valence-corrected chi connectivity index (χ3v) is 5.69. The summed E-state index contributed by atoms with van der Waals surface area (Å²) in [6, 6.07) is 3.61. The van der Waals surface area contributed by atoms with Gasteiger partial charge < -0.3 is 23.9 Å². The van der Waals surface area contributed by atoms with Crippen molar-refractivity contribution in [2.24, 2.45) is 0 Å². The summed E-state index contributed by atoms with van der Waals surface area (Å²) in [5.74, 6) is -1.50. The summed E-state index contributed by atoms with van der Waals surface area (Å²) < 4.78 is 23.6. The predicted octanol–water partition coefficient (Wildman–Crippen LogP) is 1.17. The Kier molecular flexibility index (Phi) is 6.24. The first-order valence-electron chi connectivity index (χ1n) is 9.89. The molecule has 0 unspecified atom stereocenters. The van der Waals surface area contributed by atoms with Gasteiger partial charge in [0.25, 0.3) is 5.56 Å². The van der Waals surface area contributed by atoms with E-state index in [-0.39, 0.29) is 17.8 Å². The number of hydrogen-bond acceptors (Lipinski definition) is 11. The van der Waals surface area contributed by atoms with Gasteiger partial charge in [0.2, 0.25) is 0 Å². The Morgan fingerprint density at radius 1 is 1.15 bits per heavy atom. The van der Waals surface area contributed by atoms with Crippen LogP contribution in [-0.2, 0) is 33.3 Å². The second-order valence-electron chi connectivity index (χ2n) is 7.20. The number of aromatic amines is 1. The molecule has 1 saturated heterocycles. The first-order chi connectivity index (χ1) is 15.8. The van der Waals surface area contributed by atoms with E-state index in [4.69, 9.17) is 18.9 Å². The van der Waals surface area contributed by atoms with Gasteiger partial charge in [0, 0.05) is 20.8 Å². The minimum Gasteiger partial charge on any atom is -0.463 e. The lowest BCUT2D eigenvalue weighted by Gasteiger charge is -2.24. The molecule has 3 aromatic heterocycles. The highest BCUT2D eigenvalue weighted by Crippen LogP contribution is 2.39. The van der Waals surface area contributed by atoms with Crippen LogP contribution in [0.5, 0.6) is 0 Å². The van der Waals surface area contributed by atoms with E-state index in [0.717, 1.165) is 0 Å². The number of nitrogens with one attached hydrogen (secondary N) is 1. The summed E-state index contributed by atoms with van der Waals surface area (Å²) >= 11 is 1.37. The van der Waals surface area contributed by atoms with Gasteiger partial charge in [-0.2, -0.15) is 0 Å². The van der Waals surface area contributed by atoms with E-state index in [1.807, 2.05) is 11.4 Å². The lowest BCUT2D eigenvalue weighted by molar-refractivity contribution is -0.166. The van der Waals surface area contributed by atoms with Gasteiger partial charge in [-0.1, -0.05) is 6.07 Å². The van der Waals surface area contributed by atoms with Crippen molar-refractivity contribution in [3.63, 3.8) is 0 Å². The SMILES string of the molecule is CC(=O)OC[C@H]1O[C@@H](n2c(-c3cccs3)nc3c(=O)[nH]cnc32)[C@H](OC(C)=O)[C@@H]1OC(C)=O. The lowest BCUT2D eigenvalue weighted by Crippen LogP contribution is -2.40. The van der Waals surface area contributed by atoms with E-state index in [2.05, 4.69) is 15.0 Å². The average molecular weight is 476 g/mol. The van der Waals surface area contributed by atoms with Crippen LogP contribution in [0.1, 0.15) is 27.0 Å². The maximum atomic E-state index is 12.4. The molecule has 0 aliphatic carbocycles. The first kappa shape index (κ1) is 22.6. The number of nitrogens with zero attached hydrogens (tertiary/aromatic N) is 3. The number of ether oxygens (including phenoxy) is 4. The zero-order valence-electron chi connectivity index (χ0n) is 17.8. The van der Waals surface area contributed by atoms with Crippen LogP contribution in [0.15, 0.2) is 28.6 Å². The zero-order valence-corrected chi connectivity index (χ0v) is 18.7. The van der Waals surface area contributed by atoms with Crippen molar-refractivity contribution in [1.82, 2.24) is 19.5 Å². The summed E-state index contributed by atoms with van der Waals surface area (Å²) in [4.78, 5) is 59.5. The quantitative estimate of drug-likeness (QED) is 0.405. The number of hydrogen-bond donors (Lipinski definition) is 1. The molecule has 174 valence electrons. The molecule has 1 aliphatic heterocycles. The molecule has 1 fully saturated rings. The normalized spacial score (nSPS) is 22.3. The van der Waals surface area contributed by atoms with Crippen molar-refractivity contribution in [2.45, 2.75) is 45.3 Å². The summed E-state index contributed by atoms with van der Waals surface area (Å²) in [5, 5.41) is 1.83. The predicted molar refractivity (Wildman–Crippen MR) is 113 cm³/mol. The van der Waals surface area contributed by atoms with E-state index >= 15 is 0 Å². The molecule has 1 aliphatic rings. The van der Waals surface area contributed by atoms with Crippen LogP contribution in [0, 0.1) is 0 Å². The number of carbonyl (C=O) groups excluding carboxylic acids is 3. The molecule has 3 aromatic rings. The van der Waals surface area contributed by atoms with Crippen LogP contribution < -0.4 is 5.56 Å². The largest absolute Gasteiger partial charge is 0.463 e. The fraction of sp³-hybridized carbons (Fsp3) is 0.400. The molecule has 4 atom stereocenters. The van der Waals surface area contributed by atoms with E-state index in [9.17, 15) is 19.2 Å². The molecule has 13 heteroatoms. The van der Waals surface area contributed by atoms with Crippen LogP contribution in [0.3, 0.4) is 0 Å². The highest BCUT2D eigenvalue weighted by atomic mass is 32.1. The van der Waals surface area contributed by atoms with Crippen LogP contribution in [0.4, 0.5) is 0 Å². The topological polar surface area (TPSA) is 152 Å². The number of carbonyl (C=O) groups is 3. The number of thiophene rings is 1. The molecule has 0 amide bonds. The van der Waals surface area contributed by atoms with Gasteiger partial charge in [0.1, 0.15) is 12.7 Å². The fourth-order valence-electron chi connectivity index (χ4n) is 3.64. The number of fused-ring (bicyclic) bond motifs is 1. The summed E-state index contributed by atoms with van der Waals surface area (Å²) in [5.41, 5.74) is -0.232. The van der Waals surface area contributed by atoms with Gasteiger partial charge in [-0.15, -0.1) is 11.3 Å². The van der Waals surface area contributed by atoms with Crippen LogP contribution in [-0.4, -0.2) is 62.3 Å². The van der Waals surface area contributed by atoms with E-state index in [1.54, 1.807) is 6.07 Å². The summed E-state index contributed by atoms with van der Waals surface area (Å²) in [6.45, 7) is 3.38. The minimum absolute atomic E-state index is 0.0542. The van der Waals surface area contributed by atoms with Gasteiger partial charge in [-0.25, -0.2) is 9.97 Å². The van der Waals surface area contributed by atoms with Gasteiger partial charge in [0.05, 0.1) is 11.2 Å². The van der Waals surface area contributed by atoms with Crippen molar-refractivity contribution < 1.29 is 33.3 Å². The molecule has 1 N–H and O–H groups in total. The Balaban J connectivity index is 1.88. The van der Waals surface area contributed by atoms with Gasteiger partial charge in [-0.05, 0) is 11.4 Å². The molecule has 0 radical (unpaired) electrons. The molecular weight excluding hydrogens is 456 g/mol. The standard InChI is InChI=1S/C20H20N4O8S/c1-9(25)29-7-12-15(30-10(2)26)16(31-11(3)27)20(32-12)24-17(13-5-4-6-33-13)23-14-18(24)21-8-22-19(14)28/h4-6,8,12,15-16,20H,7H2,1-3H3,(H,21,22,28)/t12-,15-,16-,20-/m1/s1. The molecule has 12 nitrogen and oxygen atoms in total. The zero-order chi connectivity index (χ0) is 23.7. The van der Waals surface area contributed by atoms with Crippen molar-refractivity contribution in [3.05, 3.63) is 34.2 Å². The van der Waals surface area contributed by atoms with Crippen molar-refractivity contribution >= 4 is 40.4 Å².